The van der Waals surface area contributed by atoms with Crippen molar-refractivity contribution in [1.29, 1.82) is 0 Å². The fourth-order valence-corrected chi connectivity index (χ4v) is 2.91. The van der Waals surface area contributed by atoms with Crippen LogP contribution in [0, 0.1) is 17.0 Å². The smallest absolute Gasteiger partial charge is 0.291 e. The molecule has 1 unspecified atom stereocenters. The first-order valence-corrected chi connectivity index (χ1v) is 8.84. The van der Waals surface area contributed by atoms with Gasteiger partial charge >= 0.3 is 5.69 Å². The van der Waals surface area contributed by atoms with E-state index in [0.717, 1.165) is 5.56 Å². The standard InChI is InChI=1S/C16H15Cl2N7O3/c1-9-14(25(27)28)7-24(21-9)10(2)15(26)20-16-19-8-23(22-16)6-11-3-4-12(17)5-13(11)18/h3-5,7-8,10H,6H2,1-2H3,(H,20,22,26). The lowest BCUT2D eigenvalue weighted by atomic mass is 10.2. The van der Waals surface area contributed by atoms with Crippen molar-refractivity contribution in [3.63, 3.8) is 0 Å². The molecule has 0 saturated heterocycles. The van der Waals surface area contributed by atoms with Gasteiger partial charge in [0.2, 0.25) is 5.95 Å². The summed E-state index contributed by atoms with van der Waals surface area (Å²) in [6, 6.07) is 4.34. The molecule has 1 aromatic carbocycles. The SMILES string of the molecule is Cc1nn(C(C)C(=O)Nc2ncn(Cc3ccc(Cl)cc3Cl)n2)cc1[N+](=O)[O-]. The Balaban J connectivity index is 1.68. The van der Waals surface area contributed by atoms with Gasteiger partial charge in [-0.05, 0) is 31.5 Å². The van der Waals surface area contributed by atoms with E-state index in [1.165, 1.54) is 28.8 Å². The Hall–Kier alpha value is -2.98. The number of nitrogens with one attached hydrogen (secondary N) is 1. The van der Waals surface area contributed by atoms with E-state index in [0.29, 0.717) is 16.6 Å². The monoisotopic (exact) mass is 423 g/mol. The van der Waals surface area contributed by atoms with Crippen molar-refractivity contribution in [2.45, 2.75) is 26.4 Å². The van der Waals surface area contributed by atoms with Crippen LogP contribution in [0.15, 0.2) is 30.7 Å². The number of benzene rings is 1. The summed E-state index contributed by atoms with van der Waals surface area (Å²) in [6.45, 7) is 3.42. The second-order valence-electron chi connectivity index (χ2n) is 6.00. The third kappa shape index (κ3) is 4.29. The van der Waals surface area contributed by atoms with Crippen molar-refractivity contribution < 1.29 is 9.72 Å². The molecule has 1 atom stereocenters. The van der Waals surface area contributed by atoms with Gasteiger partial charge in [-0.1, -0.05) is 29.3 Å². The molecule has 2 aromatic heterocycles. The number of aromatic nitrogens is 5. The van der Waals surface area contributed by atoms with E-state index < -0.39 is 16.9 Å². The molecule has 1 N–H and O–H groups in total. The van der Waals surface area contributed by atoms with Crippen LogP contribution in [0.1, 0.15) is 24.2 Å². The fraction of sp³-hybridized carbons (Fsp3) is 0.250. The molecule has 0 aliphatic rings. The van der Waals surface area contributed by atoms with Gasteiger partial charge in [-0.25, -0.2) is 9.67 Å². The molecule has 0 fully saturated rings. The highest BCUT2D eigenvalue weighted by Gasteiger charge is 2.23. The lowest BCUT2D eigenvalue weighted by Gasteiger charge is -2.10. The van der Waals surface area contributed by atoms with Crippen molar-refractivity contribution in [3.8, 4) is 0 Å². The van der Waals surface area contributed by atoms with Crippen molar-refractivity contribution in [2.24, 2.45) is 0 Å². The van der Waals surface area contributed by atoms with Crippen LogP contribution in [-0.4, -0.2) is 35.4 Å². The summed E-state index contributed by atoms with van der Waals surface area (Å²) >= 11 is 12.0. The molecule has 0 aliphatic heterocycles. The van der Waals surface area contributed by atoms with E-state index in [9.17, 15) is 14.9 Å². The molecule has 0 radical (unpaired) electrons. The molecule has 28 heavy (non-hydrogen) atoms. The van der Waals surface area contributed by atoms with Crippen LogP contribution < -0.4 is 5.32 Å². The molecule has 0 saturated carbocycles. The number of nitrogens with zero attached hydrogens (tertiary/aromatic N) is 6. The summed E-state index contributed by atoms with van der Waals surface area (Å²) in [5.41, 5.74) is 0.871. The number of hydrogen-bond acceptors (Lipinski definition) is 6. The lowest BCUT2D eigenvalue weighted by Crippen LogP contribution is -2.24. The van der Waals surface area contributed by atoms with Crippen LogP contribution in [-0.2, 0) is 11.3 Å². The summed E-state index contributed by atoms with van der Waals surface area (Å²) in [4.78, 5) is 26.8. The second-order valence-corrected chi connectivity index (χ2v) is 6.85. The topological polar surface area (TPSA) is 121 Å². The van der Waals surface area contributed by atoms with Crippen LogP contribution in [0.2, 0.25) is 10.0 Å². The fourth-order valence-electron chi connectivity index (χ4n) is 2.44. The minimum Gasteiger partial charge on any atom is -0.291 e. The average Bonchev–Trinajstić information content (AvgIpc) is 3.23. The van der Waals surface area contributed by atoms with Crippen LogP contribution in [0.3, 0.4) is 0 Å². The number of carbonyl (C=O) groups excluding carboxylic acids is 1. The maximum absolute atomic E-state index is 12.4. The molecule has 10 nitrogen and oxygen atoms in total. The third-order valence-electron chi connectivity index (χ3n) is 3.98. The summed E-state index contributed by atoms with van der Waals surface area (Å²) in [6.07, 6.45) is 2.67. The quantitative estimate of drug-likeness (QED) is 0.479. The van der Waals surface area contributed by atoms with Gasteiger partial charge < -0.3 is 0 Å². The Morgan fingerprint density at radius 3 is 2.75 bits per heavy atom. The largest absolute Gasteiger partial charge is 0.309 e. The van der Waals surface area contributed by atoms with Gasteiger partial charge in [-0.15, -0.1) is 5.10 Å². The number of halogens is 2. The molecule has 0 bridgehead atoms. The first-order valence-electron chi connectivity index (χ1n) is 8.09. The van der Waals surface area contributed by atoms with Gasteiger partial charge in [0.25, 0.3) is 5.91 Å². The van der Waals surface area contributed by atoms with E-state index in [-0.39, 0.29) is 17.3 Å². The molecule has 0 aliphatic carbocycles. The number of carbonyl (C=O) groups is 1. The van der Waals surface area contributed by atoms with Crippen molar-refractivity contribution in [1.82, 2.24) is 24.5 Å². The van der Waals surface area contributed by atoms with Crippen LogP contribution in [0.5, 0.6) is 0 Å². The first kappa shape index (κ1) is 19.8. The van der Waals surface area contributed by atoms with E-state index in [4.69, 9.17) is 23.2 Å². The van der Waals surface area contributed by atoms with Gasteiger partial charge in [0, 0.05) is 10.0 Å². The Labute approximate surface area is 169 Å². The Morgan fingerprint density at radius 1 is 1.36 bits per heavy atom. The molecule has 2 heterocycles. The average molecular weight is 424 g/mol. The van der Waals surface area contributed by atoms with Gasteiger partial charge in [0.1, 0.15) is 24.3 Å². The number of nitro groups is 1. The number of anilines is 1. The predicted octanol–water partition coefficient (Wildman–Crippen LogP) is 3.25. The molecular formula is C16H15Cl2N7O3. The van der Waals surface area contributed by atoms with E-state index in [1.807, 2.05) is 0 Å². The maximum atomic E-state index is 12.4. The van der Waals surface area contributed by atoms with Crippen molar-refractivity contribution >= 4 is 40.7 Å². The zero-order valence-corrected chi connectivity index (χ0v) is 16.3. The summed E-state index contributed by atoms with van der Waals surface area (Å²) < 4.78 is 2.74. The zero-order valence-electron chi connectivity index (χ0n) is 14.8. The number of rotatable bonds is 6. The molecule has 1 amide bonds. The zero-order chi connectivity index (χ0) is 20.4. The van der Waals surface area contributed by atoms with Gasteiger partial charge in [0.05, 0.1) is 11.5 Å². The highest BCUT2D eigenvalue weighted by atomic mass is 35.5. The van der Waals surface area contributed by atoms with E-state index in [2.05, 4.69) is 20.5 Å². The summed E-state index contributed by atoms with van der Waals surface area (Å²) in [7, 11) is 0. The molecular weight excluding hydrogens is 409 g/mol. The van der Waals surface area contributed by atoms with Crippen molar-refractivity contribution in [3.05, 3.63) is 62.1 Å². The normalized spacial score (nSPS) is 12.0. The molecule has 3 rings (SSSR count). The number of hydrogen-bond donors (Lipinski definition) is 1. The summed E-state index contributed by atoms with van der Waals surface area (Å²) in [5.74, 6) is -0.361. The first-order chi connectivity index (χ1) is 13.2. The molecule has 146 valence electrons. The predicted molar refractivity (Wildman–Crippen MR) is 103 cm³/mol. The minimum atomic E-state index is -0.787. The van der Waals surface area contributed by atoms with Crippen LogP contribution in [0.25, 0.3) is 0 Å². The Kier molecular flexibility index (Phi) is 5.61. The Bertz CT molecular complexity index is 1050. The van der Waals surface area contributed by atoms with Crippen LogP contribution in [0.4, 0.5) is 11.6 Å². The number of aryl methyl sites for hydroxylation is 1. The minimum absolute atomic E-state index is 0.0975. The number of amides is 1. The van der Waals surface area contributed by atoms with Gasteiger partial charge in [0.15, 0.2) is 0 Å². The Morgan fingerprint density at radius 2 is 2.11 bits per heavy atom. The molecule has 3 aromatic rings. The maximum Gasteiger partial charge on any atom is 0.309 e. The third-order valence-corrected chi connectivity index (χ3v) is 4.57. The van der Waals surface area contributed by atoms with E-state index >= 15 is 0 Å². The molecule has 0 spiro atoms. The van der Waals surface area contributed by atoms with Gasteiger partial charge in [-0.2, -0.15) is 5.10 Å². The molecule has 12 heteroatoms. The second kappa shape index (κ2) is 7.95. The lowest BCUT2D eigenvalue weighted by molar-refractivity contribution is -0.385. The summed E-state index contributed by atoms with van der Waals surface area (Å²) in [5, 5.41) is 22.7. The van der Waals surface area contributed by atoms with Crippen molar-refractivity contribution in [2.75, 3.05) is 5.32 Å². The van der Waals surface area contributed by atoms with Gasteiger partial charge in [-0.3, -0.25) is 24.9 Å². The highest BCUT2D eigenvalue weighted by Crippen LogP contribution is 2.22. The van der Waals surface area contributed by atoms with Crippen LogP contribution >= 0.6 is 23.2 Å². The highest BCUT2D eigenvalue weighted by molar-refractivity contribution is 6.35. The van der Waals surface area contributed by atoms with E-state index in [1.54, 1.807) is 25.1 Å².